The monoisotopic (exact) mass is 346 g/mol. The Morgan fingerprint density at radius 2 is 2.10 bits per heavy atom. The highest BCUT2D eigenvalue weighted by Gasteiger charge is 2.31. The largest absolute Gasteiger partial charge is 0.481 e. The third kappa shape index (κ3) is 4.19. The molecule has 1 rings (SSSR count). The van der Waals surface area contributed by atoms with Crippen molar-refractivity contribution in [3.8, 4) is 0 Å². The number of carbonyl (C=O) groups is 2. The van der Waals surface area contributed by atoms with E-state index in [1.807, 2.05) is 0 Å². The number of nitrogens with one attached hydrogen (secondary N) is 2. The molecule has 1 unspecified atom stereocenters. The van der Waals surface area contributed by atoms with Crippen LogP contribution in [-0.2, 0) is 4.79 Å². The van der Waals surface area contributed by atoms with Crippen LogP contribution in [-0.4, -0.2) is 23.7 Å². The molecular formula is C13H16BrFN2O3. The number of halogens is 2. The summed E-state index contributed by atoms with van der Waals surface area (Å²) in [7, 11) is 0. The van der Waals surface area contributed by atoms with E-state index in [4.69, 9.17) is 5.11 Å². The molecule has 0 radical (unpaired) electrons. The highest BCUT2D eigenvalue weighted by atomic mass is 79.9. The van der Waals surface area contributed by atoms with E-state index in [1.54, 1.807) is 13.8 Å². The Hall–Kier alpha value is -1.63. The number of hydrogen-bond acceptors (Lipinski definition) is 2. The Balaban J connectivity index is 2.60. The highest BCUT2D eigenvalue weighted by Crippen LogP contribution is 2.21. The first-order chi connectivity index (χ1) is 9.28. The van der Waals surface area contributed by atoms with Crippen molar-refractivity contribution in [1.82, 2.24) is 5.32 Å². The normalized spacial score (nSPS) is 13.4. The van der Waals surface area contributed by atoms with Gasteiger partial charge in [-0.2, -0.15) is 0 Å². The summed E-state index contributed by atoms with van der Waals surface area (Å²) in [5, 5.41) is 14.0. The first-order valence-corrected chi connectivity index (χ1v) is 6.81. The van der Waals surface area contributed by atoms with Gasteiger partial charge in [-0.25, -0.2) is 9.18 Å². The van der Waals surface area contributed by atoms with Gasteiger partial charge in [0.05, 0.1) is 9.89 Å². The topological polar surface area (TPSA) is 78.4 Å². The van der Waals surface area contributed by atoms with E-state index < -0.39 is 23.2 Å². The zero-order valence-corrected chi connectivity index (χ0v) is 12.8. The van der Waals surface area contributed by atoms with Gasteiger partial charge in [-0.05, 0) is 47.5 Å². The van der Waals surface area contributed by atoms with Crippen molar-refractivity contribution in [2.45, 2.75) is 20.3 Å². The summed E-state index contributed by atoms with van der Waals surface area (Å²) in [4.78, 5) is 22.7. The second-order valence-electron chi connectivity index (χ2n) is 4.66. The minimum Gasteiger partial charge on any atom is -0.481 e. The number of carboxylic acid groups (broad SMARTS) is 1. The Kier molecular flexibility index (Phi) is 5.50. The molecule has 110 valence electrons. The van der Waals surface area contributed by atoms with Crippen LogP contribution in [0.1, 0.15) is 20.3 Å². The van der Waals surface area contributed by atoms with Crippen LogP contribution >= 0.6 is 15.9 Å². The molecule has 0 aromatic heterocycles. The van der Waals surface area contributed by atoms with E-state index in [9.17, 15) is 14.0 Å². The molecule has 0 fully saturated rings. The van der Waals surface area contributed by atoms with Gasteiger partial charge >= 0.3 is 12.0 Å². The zero-order valence-electron chi connectivity index (χ0n) is 11.2. The standard InChI is InChI=1S/C13H16BrFN2O3/c1-3-13(2,11(18)19)7-16-12(20)17-8-4-5-9(14)10(15)6-8/h4-6H,3,7H2,1-2H3,(H,18,19)(H2,16,17,20). The SMILES string of the molecule is CCC(C)(CNC(=O)Nc1ccc(Br)c(F)c1)C(=O)O. The van der Waals surface area contributed by atoms with Gasteiger partial charge in [-0.3, -0.25) is 4.79 Å². The summed E-state index contributed by atoms with van der Waals surface area (Å²) < 4.78 is 13.6. The van der Waals surface area contributed by atoms with Crippen molar-refractivity contribution >= 4 is 33.6 Å². The molecule has 0 aliphatic heterocycles. The Morgan fingerprint density at radius 3 is 2.60 bits per heavy atom. The molecule has 0 saturated heterocycles. The Morgan fingerprint density at radius 1 is 1.45 bits per heavy atom. The number of anilines is 1. The maximum absolute atomic E-state index is 13.3. The number of aliphatic carboxylic acids is 1. The number of urea groups is 1. The summed E-state index contributed by atoms with van der Waals surface area (Å²) in [6, 6.07) is 3.59. The molecule has 1 aromatic rings. The highest BCUT2D eigenvalue weighted by molar-refractivity contribution is 9.10. The lowest BCUT2D eigenvalue weighted by molar-refractivity contribution is -0.147. The summed E-state index contributed by atoms with van der Waals surface area (Å²) >= 11 is 3.01. The number of carboxylic acids is 1. The predicted molar refractivity (Wildman–Crippen MR) is 77.2 cm³/mol. The lowest BCUT2D eigenvalue weighted by Gasteiger charge is -2.23. The van der Waals surface area contributed by atoms with Gasteiger partial charge in [0, 0.05) is 12.2 Å². The quantitative estimate of drug-likeness (QED) is 0.765. The van der Waals surface area contributed by atoms with Crippen LogP contribution < -0.4 is 10.6 Å². The van der Waals surface area contributed by atoms with Gasteiger partial charge in [0.25, 0.3) is 0 Å². The van der Waals surface area contributed by atoms with Crippen LogP contribution in [0.5, 0.6) is 0 Å². The maximum atomic E-state index is 13.3. The summed E-state index contributed by atoms with van der Waals surface area (Å²) in [6.45, 7) is 3.27. The van der Waals surface area contributed by atoms with Crippen molar-refractivity contribution in [2.75, 3.05) is 11.9 Å². The van der Waals surface area contributed by atoms with Crippen molar-refractivity contribution in [3.63, 3.8) is 0 Å². The van der Waals surface area contributed by atoms with Crippen LogP contribution in [0.15, 0.2) is 22.7 Å². The van der Waals surface area contributed by atoms with E-state index in [-0.39, 0.29) is 12.2 Å². The zero-order chi connectivity index (χ0) is 15.3. The van der Waals surface area contributed by atoms with Crippen LogP contribution in [0.3, 0.4) is 0 Å². The molecule has 0 aliphatic rings. The van der Waals surface area contributed by atoms with Crippen LogP contribution in [0, 0.1) is 11.2 Å². The van der Waals surface area contributed by atoms with Crippen LogP contribution in [0.2, 0.25) is 0 Å². The number of benzene rings is 1. The maximum Gasteiger partial charge on any atom is 0.319 e. The molecule has 1 atom stereocenters. The molecule has 5 nitrogen and oxygen atoms in total. The third-order valence-corrected chi connectivity index (χ3v) is 3.76. The molecule has 0 spiro atoms. The third-order valence-electron chi connectivity index (χ3n) is 3.11. The van der Waals surface area contributed by atoms with Gasteiger partial charge in [-0.15, -0.1) is 0 Å². The van der Waals surface area contributed by atoms with Crippen LogP contribution in [0.25, 0.3) is 0 Å². The Labute approximate surface area is 124 Å². The minimum atomic E-state index is -1.03. The van der Waals surface area contributed by atoms with E-state index in [1.165, 1.54) is 18.2 Å². The molecular weight excluding hydrogens is 331 g/mol. The lowest BCUT2D eigenvalue weighted by atomic mass is 9.88. The second-order valence-corrected chi connectivity index (χ2v) is 5.51. The van der Waals surface area contributed by atoms with Crippen molar-refractivity contribution in [3.05, 3.63) is 28.5 Å². The molecule has 0 bridgehead atoms. The van der Waals surface area contributed by atoms with Crippen molar-refractivity contribution < 1.29 is 19.1 Å². The van der Waals surface area contributed by atoms with Gasteiger partial charge in [0.1, 0.15) is 5.82 Å². The smallest absolute Gasteiger partial charge is 0.319 e. The fourth-order valence-corrected chi connectivity index (χ4v) is 1.62. The van der Waals surface area contributed by atoms with Crippen molar-refractivity contribution in [1.29, 1.82) is 0 Å². The fourth-order valence-electron chi connectivity index (χ4n) is 1.38. The summed E-state index contributed by atoms with van der Waals surface area (Å²) in [6.07, 6.45) is 0.384. The first-order valence-electron chi connectivity index (χ1n) is 6.02. The number of carbonyl (C=O) groups excluding carboxylic acids is 1. The van der Waals surface area contributed by atoms with Gasteiger partial charge in [-0.1, -0.05) is 6.92 Å². The molecule has 3 N–H and O–H groups in total. The fraction of sp³-hybridized carbons (Fsp3) is 0.385. The molecule has 0 heterocycles. The average molecular weight is 347 g/mol. The molecule has 0 saturated carbocycles. The molecule has 7 heteroatoms. The van der Waals surface area contributed by atoms with Crippen molar-refractivity contribution in [2.24, 2.45) is 5.41 Å². The molecule has 2 amide bonds. The van der Waals surface area contributed by atoms with E-state index >= 15 is 0 Å². The first kappa shape index (κ1) is 16.4. The molecule has 0 aliphatic carbocycles. The van der Waals surface area contributed by atoms with E-state index in [0.717, 1.165) is 0 Å². The number of rotatable bonds is 5. The second kappa shape index (κ2) is 6.69. The summed E-state index contributed by atoms with van der Waals surface area (Å²) in [5.74, 6) is -1.47. The van der Waals surface area contributed by atoms with Gasteiger partial charge in [0.2, 0.25) is 0 Å². The Bertz CT molecular complexity index is 524. The van der Waals surface area contributed by atoms with Gasteiger partial charge in [0.15, 0.2) is 0 Å². The summed E-state index contributed by atoms with van der Waals surface area (Å²) in [5.41, 5.74) is -0.737. The lowest BCUT2D eigenvalue weighted by Crippen LogP contribution is -2.42. The number of amides is 2. The molecule has 1 aromatic carbocycles. The van der Waals surface area contributed by atoms with E-state index in [0.29, 0.717) is 10.9 Å². The van der Waals surface area contributed by atoms with E-state index in [2.05, 4.69) is 26.6 Å². The average Bonchev–Trinajstić information content (AvgIpc) is 2.40. The number of hydrogen-bond donors (Lipinski definition) is 3. The van der Waals surface area contributed by atoms with Gasteiger partial charge < -0.3 is 15.7 Å². The van der Waals surface area contributed by atoms with Crippen LogP contribution in [0.4, 0.5) is 14.9 Å². The molecule has 20 heavy (non-hydrogen) atoms. The minimum absolute atomic E-state index is 0.0102. The predicted octanol–water partition coefficient (Wildman–Crippen LogP) is 3.21.